The van der Waals surface area contributed by atoms with E-state index in [1.54, 1.807) is 11.3 Å². The molecule has 3 aromatic rings. The van der Waals surface area contributed by atoms with Gasteiger partial charge in [0.25, 0.3) is 0 Å². The first-order chi connectivity index (χ1) is 17.5. The van der Waals surface area contributed by atoms with Crippen LogP contribution in [0.3, 0.4) is 0 Å². The van der Waals surface area contributed by atoms with Crippen LogP contribution in [0.4, 0.5) is 0 Å². The van der Waals surface area contributed by atoms with E-state index in [1.807, 2.05) is 39.2 Å². The fraction of sp³-hybridized carbons (Fsp3) is 0.429. The van der Waals surface area contributed by atoms with Gasteiger partial charge in [-0.05, 0) is 66.0 Å². The Labute approximate surface area is 222 Å². The minimum Gasteiger partial charge on any atom is -0.460 e. The second-order valence-corrected chi connectivity index (χ2v) is 11.7. The van der Waals surface area contributed by atoms with E-state index in [2.05, 4.69) is 59.9 Å². The molecule has 1 aliphatic rings. The Morgan fingerprint density at radius 3 is 2.54 bits per heavy atom. The van der Waals surface area contributed by atoms with Crippen molar-refractivity contribution in [3.8, 4) is 5.00 Å². The third-order valence-corrected chi connectivity index (χ3v) is 7.44. The van der Waals surface area contributed by atoms with Crippen LogP contribution in [0.2, 0.25) is 0 Å². The van der Waals surface area contributed by atoms with Crippen LogP contribution in [0.15, 0.2) is 34.8 Å². The van der Waals surface area contributed by atoms with Gasteiger partial charge in [0.1, 0.15) is 22.5 Å². The maximum Gasteiger partial charge on any atom is 0.308 e. The highest BCUT2D eigenvalue weighted by molar-refractivity contribution is 7.15. The predicted octanol–water partition coefficient (Wildman–Crippen LogP) is 5.65. The number of ether oxygens (including phenoxy) is 1. The zero-order chi connectivity index (χ0) is 26.9. The van der Waals surface area contributed by atoms with Gasteiger partial charge in [-0.1, -0.05) is 35.9 Å². The minimum absolute atomic E-state index is 0.0742. The number of hydrogen-bond donors (Lipinski definition) is 2. The molecule has 8 nitrogen and oxygen atoms in total. The van der Waals surface area contributed by atoms with Crippen LogP contribution in [0.1, 0.15) is 85.4 Å². The summed E-state index contributed by atoms with van der Waals surface area (Å²) in [5.74, 6) is 1.09. The fourth-order valence-electron chi connectivity index (χ4n) is 4.41. The molecule has 0 unspecified atom stereocenters. The SMILES string of the molecule is C/C(=C\c1ccc(C2=N[C@@H](CC(=O)OC(C)(C)C)c3nnc(C)n3-c3sc(C)c(C)c32)cc1)CCNO. The molecule has 1 aromatic carbocycles. The smallest absolute Gasteiger partial charge is 0.308 e. The molecule has 196 valence electrons. The summed E-state index contributed by atoms with van der Waals surface area (Å²) in [7, 11) is 0. The third-order valence-electron chi connectivity index (χ3n) is 6.25. The van der Waals surface area contributed by atoms with Crippen LogP contribution >= 0.6 is 11.3 Å². The Hall–Kier alpha value is -3.14. The van der Waals surface area contributed by atoms with E-state index < -0.39 is 11.6 Å². The first kappa shape index (κ1) is 26.9. The Balaban J connectivity index is 1.81. The van der Waals surface area contributed by atoms with Gasteiger partial charge in [0.15, 0.2) is 5.82 Å². The molecule has 2 aromatic heterocycles. The van der Waals surface area contributed by atoms with Crippen molar-refractivity contribution in [2.75, 3.05) is 6.54 Å². The van der Waals surface area contributed by atoms with Crippen molar-refractivity contribution in [1.82, 2.24) is 20.2 Å². The van der Waals surface area contributed by atoms with E-state index in [1.165, 1.54) is 10.5 Å². The number of nitrogens with zero attached hydrogens (tertiary/aromatic N) is 4. The molecule has 9 heteroatoms. The maximum atomic E-state index is 12.9. The van der Waals surface area contributed by atoms with E-state index >= 15 is 0 Å². The molecular formula is C28H35N5O3S. The summed E-state index contributed by atoms with van der Waals surface area (Å²) in [6.07, 6.45) is 2.94. The topological polar surface area (TPSA) is 102 Å². The van der Waals surface area contributed by atoms with Crippen LogP contribution < -0.4 is 5.48 Å². The van der Waals surface area contributed by atoms with Crippen LogP contribution in [0.25, 0.3) is 11.1 Å². The first-order valence-corrected chi connectivity index (χ1v) is 13.3. The van der Waals surface area contributed by atoms with Crippen LogP contribution in [0.5, 0.6) is 0 Å². The van der Waals surface area contributed by atoms with Gasteiger partial charge in [-0.2, -0.15) is 0 Å². The molecule has 0 saturated heterocycles. The number of benzene rings is 1. The van der Waals surface area contributed by atoms with Gasteiger partial charge < -0.3 is 9.94 Å². The summed E-state index contributed by atoms with van der Waals surface area (Å²) in [6, 6.07) is 7.75. The number of carbonyl (C=O) groups is 1. The number of aliphatic imine (C=N–C) groups is 1. The zero-order valence-electron chi connectivity index (χ0n) is 22.5. The number of hydroxylamine groups is 1. The first-order valence-electron chi connectivity index (χ1n) is 12.5. The van der Waals surface area contributed by atoms with E-state index in [-0.39, 0.29) is 12.4 Å². The van der Waals surface area contributed by atoms with Crippen molar-refractivity contribution in [3.63, 3.8) is 0 Å². The van der Waals surface area contributed by atoms with E-state index in [0.29, 0.717) is 12.4 Å². The lowest BCUT2D eigenvalue weighted by Gasteiger charge is -2.21. The quantitative estimate of drug-likeness (QED) is 0.308. The van der Waals surface area contributed by atoms with Gasteiger partial charge in [-0.15, -0.1) is 21.5 Å². The van der Waals surface area contributed by atoms with Crippen molar-refractivity contribution >= 4 is 29.1 Å². The molecule has 0 spiro atoms. The number of aryl methyl sites for hydroxylation is 2. The molecule has 0 saturated carbocycles. The lowest BCUT2D eigenvalue weighted by Crippen LogP contribution is -2.25. The number of nitrogens with one attached hydrogen (secondary N) is 1. The van der Waals surface area contributed by atoms with Gasteiger partial charge in [0.05, 0.1) is 12.1 Å². The van der Waals surface area contributed by atoms with Crippen molar-refractivity contribution in [3.05, 3.63) is 68.6 Å². The second-order valence-electron chi connectivity index (χ2n) is 10.5. The monoisotopic (exact) mass is 521 g/mol. The molecule has 1 atom stereocenters. The fourth-order valence-corrected chi connectivity index (χ4v) is 5.63. The lowest BCUT2D eigenvalue weighted by atomic mass is 9.98. The van der Waals surface area contributed by atoms with Crippen LogP contribution in [-0.4, -0.2) is 43.8 Å². The van der Waals surface area contributed by atoms with E-state index in [9.17, 15) is 4.79 Å². The average Bonchev–Trinajstić information content (AvgIpc) is 3.29. The summed E-state index contributed by atoms with van der Waals surface area (Å²) >= 11 is 1.69. The van der Waals surface area contributed by atoms with Crippen LogP contribution in [-0.2, 0) is 9.53 Å². The summed E-state index contributed by atoms with van der Waals surface area (Å²) in [5, 5.41) is 18.7. The molecule has 0 fully saturated rings. The number of rotatable bonds is 7. The number of esters is 1. The highest BCUT2D eigenvalue weighted by Gasteiger charge is 2.33. The number of carbonyl (C=O) groups excluding carboxylic acids is 1. The number of thiophene rings is 1. The van der Waals surface area contributed by atoms with E-state index in [4.69, 9.17) is 14.9 Å². The molecule has 1 aliphatic heterocycles. The molecule has 0 radical (unpaired) electrons. The highest BCUT2D eigenvalue weighted by Crippen LogP contribution is 2.39. The summed E-state index contributed by atoms with van der Waals surface area (Å²) < 4.78 is 7.68. The molecule has 2 N–H and O–H groups in total. The normalized spacial score (nSPS) is 15.6. The van der Waals surface area contributed by atoms with E-state index in [0.717, 1.165) is 45.2 Å². The Bertz CT molecular complexity index is 1360. The summed E-state index contributed by atoms with van der Waals surface area (Å²) in [6.45, 7) is 14.3. The molecule has 0 bridgehead atoms. The summed E-state index contributed by atoms with van der Waals surface area (Å²) in [4.78, 5) is 19.2. The predicted molar refractivity (Wildman–Crippen MR) is 147 cm³/mol. The Kier molecular flexibility index (Phi) is 7.77. The molecule has 0 aliphatic carbocycles. The molecule has 3 heterocycles. The Morgan fingerprint density at radius 1 is 1.19 bits per heavy atom. The van der Waals surface area contributed by atoms with Gasteiger partial charge in [-0.25, -0.2) is 5.48 Å². The average molecular weight is 522 g/mol. The highest BCUT2D eigenvalue weighted by atomic mass is 32.1. The van der Waals surface area contributed by atoms with Gasteiger partial charge in [0, 0.05) is 22.5 Å². The van der Waals surface area contributed by atoms with Crippen molar-refractivity contribution in [1.29, 1.82) is 0 Å². The lowest BCUT2D eigenvalue weighted by molar-refractivity contribution is -0.155. The minimum atomic E-state index is -0.584. The maximum absolute atomic E-state index is 12.9. The van der Waals surface area contributed by atoms with Crippen LogP contribution in [0, 0.1) is 20.8 Å². The summed E-state index contributed by atoms with van der Waals surface area (Å²) in [5.41, 5.74) is 7.87. The van der Waals surface area contributed by atoms with Crippen molar-refractivity contribution in [2.45, 2.75) is 73.0 Å². The number of hydrogen-bond acceptors (Lipinski definition) is 8. The second kappa shape index (κ2) is 10.7. The Morgan fingerprint density at radius 2 is 1.89 bits per heavy atom. The van der Waals surface area contributed by atoms with Gasteiger partial charge in [0.2, 0.25) is 0 Å². The van der Waals surface area contributed by atoms with Crippen molar-refractivity contribution in [2.24, 2.45) is 4.99 Å². The number of aromatic nitrogens is 3. The standard InChI is InChI=1S/C28H35N5O3S/c1-16(12-13-29-35)14-20-8-10-21(11-9-20)25-24-17(2)18(3)37-27(24)33-19(4)31-32-26(33)22(30-25)15-23(34)36-28(5,6)7/h8-11,14,22,29,35H,12-13,15H2,1-7H3/b16-14+/t22-/m0/s1. The molecule has 4 rings (SSSR count). The number of fused-ring (bicyclic) bond motifs is 3. The van der Waals surface area contributed by atoms with Gasteiger partial charge in [-0.3, -0.25) is 14.4 Å². The third kappa shape index (κ3) is 5.89. The van der Waals surface area contributed by atoms with Crippen molar-refractivity contribution < 1.29 is 14.7 Å². The zero-order valence-corrected chi connectivity index (χ0v) is 23.4. The van der Waals surface area contributed by atoms with Gasteiger partial charge >= 0.3 is 5.97 Å². The largest absolute Gasteiger partial charge is 0.460 e. The molecular weight excluding hydrogens is 486 g/mol. The molecule has 37 heavy (non-hydrogen) atoms. The molecule has 0 amide bonds.